The third-order valence-corrected chi connectivity index (χ3v) is 5.09. The summed E-state index contributed by atoms with van der Waals surface area (Å²) in [5.74, 6) is 0. The first-order chi connectivity index (χ1) is 9.26. The van der Waals surface area contributed by atoms with E-state index < -0.39 is 0 Å². The van der Waals surface area contributed by atoms with Crippen molar-refractivity contribution >= 4 is 0 Å². The second kappa shape index (κ2) is 3.71. The quantitative estimate of drug-likeness (QED) is 0.741. The van der Waals surface area contributed by atoms with Gasteiger partial charge >= 0.3 is 0 Å². The monoisotopic (exact) mass is 249 g/mol. The van der Waals surface area contributed by atoms with Gasteiger partial charge in [0.15, 0.2) is 0 Å². The Morgan fingerprint density at radius 1 is 1.05 bits per heavy atom. The lowest BCUT2D eigenvalue weighted by atomic mass is 9.81. The third kappa shape index (κ3) is 1.24. The molecule has 2 aliphatic heterocycles. The van der Waals surface area contributed by atoms with E-state index in [0.717, 1.165) is 13.0 Å². The first-order valence-corrected chi connectivity index (χ1v) is 7.21. The van der Waals surface area contributed by atoms with Gasteiger partial charge in [-0.2, -0.15) is 0 Å². The van der Waals surface area contributed by atoms with Crippen LogP contribution >= 0.6 is 0 Å². The van der Waals surface area contributed by atoms with Gasteiger partial charge in [-0.1, -0.05) is 55.5 Å². The summed E-state index contributed by atoms with van der Waals surface area (Å²) in [7, 11) is 0. The third-order valence-electron chi connectivity index (χ3n) is 5.09. The van der Waals surface area contributed by atoms with E-state index in [1.807, 2.05) is 0 Å². The molecule has 0 saturated carbocycles. The number of nitrogens with zero attached hydrogens (tertiary/aromatic N) is 1. The second-order valence-electron chi connectivity index (χ2n) is 5.82. The zero-order valence-corrected chi connectivity index (χ0v) is 11.6. The number of benzene rings is 2. The van der Waals surface area contributed by atoms with Gasteiger partial charge in [0.1, 0.15) is 0 Å². The van der Waals surface area contributed by atoms with Crippen molar-refractivity contribution in [3.63, 3.8) is 0 Å². The van der Waals surface area contributed by atoms with Gasteiger partial charge in [-0.25, -0.2) is 0 Å². The number of fused-ring (bicyclic) bond motifs is 7. The molecular weight excluding hydrogens is 230 g/mol. The van der Waals surface area contributed by atoms with Crippen molar-refractivity contribution in [3.8, 4) is 0 Å². The van der Waals surface area contributed by atoms with Gasteiger partial charge in [-0.05, 0) is 42.1 Å². The van der Waals surface area contributed by atoms with Crippen molar-refractivity contribution in [2.45, 2.75) is 31.8 Å². The second-order valence-corrected chi connectivity index (χ2v) is 5.82. The van der Waals surface area contributed by atoms with E-state index in [1.165, 1.54) is 22.3 Å². The molecule has 0 aromatic heterocycles. The van der Waals surface area contributed by atoms with E-state index in [2.05, 4.69) is 67.3 Å². The maximum absolute atomic E-state index is 2.67. The molecule has 0 unspecified atom stereocenters. The molecule has 2 heterocycles. The van der Waals surface area contributed by atoms with Crippen LogP contribution in [0.1, 0.15) is 42.1 Å². The summed E-state index contributed by atoms with van der Waals surface area (Å²) < 4.78 is 0. The fourth-order valence-electron chi connectivity index (χ4n) is 4.30. The van der Waals surface area contributed by atoms with Crippen LogP contribution in [-0.4, -0.2) is 11.4 Å². The minimum atomic E-state index is 0.0604. The smallest absolute Gasteiger partial charge is 0.0697 e. The molecule has 1 heteroatoms. The molecular formula is C18H19N. The van der Waals surface area contributed by atoms with E-state index >= 15 is 0 Å². The molecule has 0 aliphatic carbocycles. The molecule has 2 atom stereocenters. The molecule has 0 fully saturated rings. The Kier molecular flexibility index (Phi) is 2.19. The molecule has 2 bridgehead atoms. The molecule has 19 heavy (non-hydrogen) atoms. The summed E-state index contributed by atoms with van der Waals surface area (Å²) in [6, 6.07) is 18.5. The summed E-state index contributed by atoms with van der Waals surface area (Å²) in [6.07, 6.45) is 1.15. The van der Waals surface area contributed by atoms with Crippen LogP contribution in [0.5, 0.6) is 0 Å². The Morgan fingerprint density at radius 3 is 2.53 bits per heavy atom. The largest absolute Gasteiger partial charge is 0.283 e. The highest BCUT2D eigenvalue weighted by molar-refractivity contribution is 5.54. The van der Waals surface area contributed by atoms with Crippen molar-refractivity contribution in [1.29, 1.82) is 0 Å². The molecule has 1 nitrogen and oxygen atoms in total. The van der Waals surface area contributed by atoms with Crippen molar-refractivity contribution in [1.82, 2.24) is 4.90 Å². The Bertz CT molecular complexity index is 633. The average molecular weight is 249 g/mol. The van der Waals surface area contributed by atoms with E-state index in [4.69, 9.17) is 0 Å². The summed E-state index contributed by atoms with van der Waals surface area (Å²) in [5.41, 5.74) is 6.12. The predicted molar refractivity (Wildman–Crippen MR) is 78.2 cm³/mol. The standard InChI is InChI=1S/C18H19N/c1-3-19-17-12-13-8-4-6-10-15(13)18(19,2)16-11-7-5-9-14(16)17/h4-11,17H,3,12H2,1-2H3/t17-,18+/m1/s1. The lowest BCUT2D eigenvalue weighted by molar-refractivity contribution is 0.103. The molecule has 2 aliphatic rings. The fourth-order valence-corrected chi connectivity index (χ4v) is 4.30. The van der Waals surface area contributed by atoms with Gasteiger partial charge in [-0.3, -0.25) is 4.90 Å². The van der Waals surface area contributed by atoms with Gasteiger partial charge in [0.05, 0.1) is 5.54 Å². The molecule has 96 valence electrons. The Hall–Kier alpha value is -1.60. The van der Waals surface area contributed by atoms with Crippen LogP contribution in [0.2, 0.25) is 0 Å². The van der Waals surface area contributed by atoms with E-state index in [-0.39, 0.29) is 5.54 Å². The molecule has 0 spiro atoms. The van der Waals surface area contributed by atoms with Crippen LogP contribution in [0.4, 0.5) is 0 Å². The summed E-state index contributed by atoms with van der Waals surface area (Å²) in [5, 5.41) is 0. The first kappa shape index (κ1) is 11.2. The number of hydrogen-bond acceptors (Lipinski definition) is 1. The van der Waals surface area contributed by atoms with Crippen molar-refractivity contribution in [2.24, 2.45) is 0 Å². The Balaban J connectivity index is 2.06. The first-order valence-electron chi connectivity index (χ1n) is 7.21. The minimum Gasteiger partial charge on any atom is -0.283 e. The van der Waals surface area contributed by atoms with Crippen LogP contribution in [0.3, 0.4) is 0 Å². The van der Waals surface area contributed by atoms with Crippen molar-refractivity contribution < 1.29 is 0 Å². The maximum atomic E-state index is 2.67. The van der Waals surface area contributed by atoms with Crippen molar-refractivity contribution in [3.05, 3.63) is 70.8 Å². The fraction of sp³-hybridized carbons (Fsp3) is 0.333. The number of hydrogen-bond donors (Lipinski definition) is 0. The minimum absolute atomic E-state index is 0.0604. The highest BCUT2D eigenvalue weighted by Gasteiger charge is 2.50. The van der Waals surface area contributed by atoms with Crippen LogP contribution < -0.4 is 0 Å². The number of rotatable bonds is 1. The van der Waals surface area contributed by atoms with Crippen molar-refractivity contribution in [2.75, 3.05) is 6.54 Å². The molecule has 2 aromatic rings. The summed E-state index contributed by atoms with van der Waals surface area (Å²) >= 11 is 0. The molecule has 0 amide bonds. The van der Waals surface area contributed by atoms with Crippen LogP contribution in [0.15, 0.2) is 48.5 Å². The van der Waals surface area contributed by atoms with E-state index in [1.54, 1.807) is 0 Å². The lowest BCUT2D eigenvalue weighted by Crippen LogP contribution is -2.45. The highest BCUT2D eigenvalue weighted by Crippen LogP contribution is 2.54. The maximum Gasteiger partial charge on any atom is 0.0697 e. The van der Waals surface area contributed by atoms with E-state index in [9.17, 15) is 0 Å². The molecule has 0 N–H and O–H groups in total. The van der Waals surface area contributed by atoms with Crippen LogP contribution in [0.25, 0.3) is 0 Å². The summed E-state index contributed by atoms with van der Waals surface area (Å²) in [6.45, 7) is 5.78. The Labute approximate surface area is 114 Å². The van der Waals surface area contributed by atoms with Gasteiger partial charge in [0, 0.05) is 6.04 Å². The lowest BCUT2D eigenvalue weighted by Gasteiger charge is -2.44. The summed E-state index contributed by atoms with van der Waals surface area (Å²) in [4.78, 5) is 2.67. The number of likely N-dealkylation sites (N-methyl/N-ethyl adjacent to an activating group) is 1. The molecule has 0 saturated heterocycles. The molecule has 2 aromatic carbocycles. The Morgan fingerprint density at radius 2 is 1.74 bits per heavy atom. The predicted octanol–water partition coefficient (Wildman–Crippen LogP) is 3.88. The van der Waals surface area contributed by atoms with Crippen LogP contribution in [-0.2, 0) is 12.0 Å². The average Bonchev–Trinajstić information content (AvgIpc) is 2.64. The topological polar surface area (TPSA) is 3.24 Å². The molecule has 0 radical (unpaired) electrons. The van der Waals surface area contributed by atoms with Gasteiger partial charge < -0.3 is 0 Å². The highest BCUT2D eigenvalue weighted by atomic mass is 15.3. The zero-order chi connectivity index (χ0) is 13.0. The van der Waals surface area contributed by atoms with Crippen LogP contribution in [0, 0.1) is 0 Å². The van der Waals surface area contributed by atoms with E-state index in [0.29, 0.717) is 6.04 Å². The normalized spacial score (nSPS) is 28.0. The SMILES string of the molecule is CCN1[C@@H]2Cc3ccccc3[C@@]1(C)c1ccccc12. The molecule has 4 rings (SSSR count). The van der Waals surface area contributed by atoms with Gasteiger partial charge in [0.25, 0.3) is 0 Å². The van der Waals surface area contributed by atoms with Gasteiger partial charge in [0.2, 0.25) is 0 Å². The zero-order valence-electron chi connectivity index (χ0n) is 11.6. The van der Waals surface area contributed by atoms with Gasteiger partial charge in [-0.15, -0.1) is 0 Å².